The van der Waals surface area contributed by atoms with Crippen molar-refractivity contribution in [2.45, 2.75) is 25.3 Å². The molecule has 4 rings (SSSR count). The van der Waals surface area contributed by atoms with Crippen LogP contribution in [0.25, 0.3) is 10.9 Å². The van der Waals surface area contributed by atoms with Gasteiger partial charge in [0, 0.05) is 22.8 Å². The number of H-pyrrole nitrogens is 1. The number of pyridine rings is 1. The van der Waals surface area contributed by atoms with Gasteiger partial charge < -0.3 is 10.3 Å². The molecule has 22 heavy (non-hydrogen) atoms. The molecular weight excluding hydrogens is 272 g/mol. The summed E-state index contributed by atoms with van der Waals surface area (Å²) in [6, 6.07) is 18.7. The van der Waals surface area contributed by atoms with Gasteiger partial charge in [-0.25, -0.2) is 0 Å². The monoisotopic (exact) mass is 290 g/mol. The fourth-order valence-electron chi connectivity index (χ4n) is 3.26. The van der Waals surface area contributed by atoms with Gasteiger partial charge in [0.2, 0.25) is 0 Å². The predicted octanol–water partition coefficient (Wildman–Crippen LogP) is 3.50. The minimum atomic E-state index is 0.0272. The molecule has 1 aliphatic rings. The zero-order chi connectivity index (χ0) is 14.9. The van der Waals surface area contributed by atoms with Crippen LogP contribution in [0.3, 0.4) is 0 Å². The Morgan fingerprint density at radius 2 is 1.86 bits per heavy atom. The molecule has 2 aromatic carbocycles. The number of hydrogen-bond acceptors (Lipinski definition) is 2. The van der Waals surface area contributed by atoms with E-state index in [1.54, 1.807) is 0 Å². The lowest BCUT2D eigenvalue weighted by Crippen LogP contribution is -2.30. The lowest BCUT2D eigenvalue weighted by molar-refractivity contribution is 0.625. The summed E-state index contributed by atoms with van der Waals surface area (Å²) in [5, 5.41) is 4.66. The summed E-state index contributed by atoms with van der Waals surface area (Å²) >= 11 is 0. The van der Waals surface area contributed by atoms with E-state index in [4.69, 9.17) is 0 Å². The smallest absolute Gasteiger partial charge is 0.251 e. The van der Waals surface area contributed by atoms with E-state index >= 15 is 0 Å². The van der Waals surface area contributed by atoms with Crippen molar-refractivity contribution in [3.63, 3.8) is 0 Å². The van der Waals surface area contributed by atoms with E-state index < -0.39 is 0 Å². The summed E-state index contributed by atoms with van der Waals surface area (Å²) in [6.45, 7) is 0. The Morgan fingerprint density at radius 3 is 2.82 bits per heavy atom. The number of fused-ring (bicyclic) bond motifs is 2. The maximum absolute atomic E-state index is 12.3. The molecule has 3 nitrogen and oxygen atoms in total. The van der Waals surface area contributed by atoms with E-state index in [1.165, 1.54) is 11.3 Å². The summed E-state index contributed by atoms with van der Waals surface area (Å²) in [4.78, 5) is 15.3. The van der Waals surface area contributed by atoms with Gasteiger partial charge in [0.1, 0.15) is 0 Å². The van der Waals surface area contributed by atoms with Gasteiger partial charge in [-0.3, -0.25) is 4.79 Å². The Morgan fingerprint density at radius 1 is 1.05 bits per heavy atom. The fraction of sp³-hybridized carbons (Fsp3) is 0.211. The highest BCUT2D eigenvalue weighted by molar-refractivity contribution is 5.78. The quantitative estimate of drug-likeness (QED) is 0.758. The Balaban J connectivity index is 1.62. The predicted molar refractivity (Wildman–Crippen MR) is 90.4 cm³/mol. The third-order valence-electron chi connectivity index (χ3n) is 4.44. The molecule has 2 heterocycles. The van der Waals surface area contributed by atoms with Crippen LogP contribution in [0.4, 0.5) is 5.69 Å². The molecule has 1 unspecified atom stereocenters. The van der Waals surface area contributed by atoms with Crippen molar-refractivity contribution in [1.82, 2.24) is 4.98 Å². The largest absolute Gasteiger partial charge is 0.382 e. The topological polar surface area (TPSA) is 44.9 Å². The van der Waals surface area contributed by atoms with Crippen LogP contribution in [0.2, 0.25) is 0 Å². The average molecular weight is 290 g/mol. The van der Waals surface area contributed by atoms with Gasteiger partial charge in [0.15, 0.2) is 0 Å². The van der Waals surface area contributed by atoms with Gasteiger partial charge in [-0.1, -0.05) is 36.4 Å². The number of nitrogens with one attached hydrogen (secondary N) is 2. The summed E-state index contributed by atoms with van der Waals surface area (Å²) in [5.41, 5.74) is 4.36. The number of rotatable bonds is 2. The van der Waals surface area contributed by atoms with E-state index in [2.05, 4.69) is 34.6 Å². The maximum atomic E-state index is 12.3. The van der Waals surface area contributed by atoms with E-state index in [0.29, 0.717) is 6.04 Å². The third-order valence-corrected chi connectivity index (χ3v) is 4.44. The zero-order valence-corrected chi connectivity index (χ0v) is 12.3. The number of anilines is 1. The fourth-order valence-corrected chi connectivity index (χ4v) is 3.26. The van der Waals surface area contributed by atoms with Crippen molar-refractivity contribution in [3.05, 3.63) is 76.1 Å². The minimum absolute atomic E-state index is 0.0272. The lowest BCUT2D eigenvalue weighted by atomic mass is 9.94. The molecule has 3 heteroatoms. The Kier molecular flexibility index (Phi) is 3.19. The van der Waals surface area contributed by atoms with Gasteiger partial charge in [-0.05, 0) is 48.4 Å². The molecule has 110 valence electrons. The van der Waals surface area contributed by atoms with E-state index in [0.717, 1.165) is 35.7 Å². The first kappa shape index (κ1) is 13.1. The molecule has 1 aromatic heterocycles. The van der Waals surface area contributed by atoms with Gasteiger partial charge in [-0.15, -0.1) is 0 Å². The molecule has 1 aliphatic heterocycles. The molecule has 0 saturated carbocycles. The lowest BCUT2D eigenvalue weighted by Gasteiger charge is -2.27. The number of benzene rings is 2. The maximum Gasteiger partial charge on any atom is 0.251 e. The van der Waals surface area contributed by atoms with Crippen LogP contribution in [0.1, 0.15) is 17.5 Å². The second kappa shape index (κ2) is 5.34. The molecule has 0 spiro atoms. The van der Waals surface area contributed by atoms with Crippen LogP contribution in [0.5, 0.6) is 0 Å². The van der Waals surface area contributed by atoms with Crippen molar-refractivity contribution in [2.24, 2.45) is 0 Å². The first-order chi connectivity index (χ1) is 10.8. The highest BCUT2D eigenvalue weighted by Crippen LogP contribution is 2.25. The molecule has 0 radical (unpaired) electrons. The summed E-state index contributed by atoms with van der Waals surface area (Å²) in [7, 11) is 0. The summed E-state index contributed by atoms with van der Waals surface area (Å²) in [5.74, 6) is 0. The van der Waals surface area contributed by atoms with Crippen molar-refractivity contribution >= 4 is 16.6 Å². The number of aromatic nitrogens is 1. The molecule has 1 atom stereocenters. The molecule has 0 bridgehead atoms. The number of aryl methyl sites for hydroxylation is 1. The van der Waals surface area contributed by atoms with E-state index in [1.807, 2.05) is 30.3 Å². The van der Waals surface area contributed by atoms with Crippen LogP contribution in [-0.2, 0) is 12.8 Å². The van der Waals surface area contributed by atoms with Gasteiger partial charge in [-0.2, -0.15) is 0 Å². The van der Waals surface area contributed by atoms with Crippen LogP contribution in [-0.4, -0.2) is 11.0 Å². The van der Waals surface area contributed by atoms with E-state index in [-0.39, 0.29) is 5.56 Å². The first-order valence-electron chi connectivity index (χ1n) is 7.75. The molecular formula is C19H18N2O. The zero-order valence-electron chi connectivity index (χ0n) is 12.3. The van der Waals surface area contributed by atoms with Gasteiger partial charge in [0.25, 0.3) is 5.56 Å². The van der Waals surface area contributed by atoms with Crippen LogP contribution in [0.15, 0.2) is 59.4 Å². The molecule has 3 aromatic rings. The van der Waals surface area contributed by atoms with E-state index in [9.17, 15) is 4.79 Å². The Hall–Kier alpha value is -2.55. The van der Waals surface area contributed by atoms with Crippen molar-refractivity contribution in [1.29, 1.82) is 0 Å². The number of aromatic amines is 1. The second-order valence-electron chi connectivity index (χ2n) is 5.95. The molecule has 2 N–H and O–H groups in total. The normalized spacial score (nSPS) is 17.0. The van der Waals surface area contributed by atoms with Crippen LogP contribution < -0.4 is 10.9 Å². The molecule has 0 fully saturated rings. The number of para-hydroxylation sites is 2. The van der Waals surface area contributed by atoms with Gasteiger partial charge in [0.05, 0.1) is 0 Å². The van der Waals surface area contributed by atoms with Crippen molar-refractivity contribution in [2.75, 3.05) is 5.32 Å². The third kappa shape index (κ3) is 2.39. The van der Waals surface area contributed by atoms with Crippen molar-refractivity contribution < 1.29 is 0 Å². The highest BCUT2D eigenvalue weighted by Gasteiger charge is 2.18. The molecule has 0 amide bonds. The Labute approximate surface area is 129 Å². The van der Waals surface area contributed by atoms with Crippen LogP contribution >= 0.6 is 0 Å². The average Bonchev–Trinajstić information content (AvgIpc) is 2.55. The first-order valence-corrected chi connectivity index (χ1v) is 7.75. The molecule has 0 aliphatic carbocycles. The van der Waals surface area contributed by atoms with Crippen LogP contribution in [0, 0.1) is 0 Å². The summed E-state index contributed by atoms with van der Waals surface area (Å²) < 4.78 is 0. The standard InChI is InChI=1S/C19H18N2O/c22-19-15(11-14-6-2-4-8-18(14)21-19)12-16-10-9-13-5-1-3-7-17(13)20-16/h1-8,11,16,20H,9-10,12H2,(H,21,22). The summed E-state index contributed by atoms with van der Waals surface area (Å²) in [6.07, 6.45) is 2.89. The van der Waals surface area contributed by atoms with Crippen molar-refractivity contribution in [3.8, 4) is 0 Å². The SMILES string of the molecule is O=c1[nH]c2ccccc2cc1CC1CCc2ccccc2N1. The second-order valence-corrected chi connectivity index (χ2v) is 5.95. The highest BCUT2D eigenvalue weighted by atomic mass is 16.1. The minimum Gasteiger partial charge on any atom is -0.382 e. The van der Waals surface area contributed by atoms with Gasteiger partial charge >= 0.3 is 0 Å². The molecule has 0 saturated heterocycles. The Bertz CT molecular complexity index is 882. The number of hydrogen-bond donors (Lipinski definition) is 2.